The first-order valence-corrected chi connectivity index (χ1v) is 6.85. The summed E-state index contributed by atoms with van der Waals surface area (Å²) >= 11 is 0. The summed E-state index contributed by atoms with van der Waals surface area (Å²) in [7, 11) is 0. The van der Waals surface area contributed by atoms with E-state index in [1.807, 2.05) is 0 Å². The number of benzene rings is 2. The van der Waals surface area contributed by atoms with Crippen LogP contribution in [0.25, 0.3) is 10.9 Å². The maximum absolute atomic E-state index is 12.3. The molecular weight excluding hydrogens is 325 g/mol. The zero-order chi connectivity index (χ0) is 17.3. The molecular formula is C16H11F3N2O3. The summed E-state index contributed by atoms with van der Waals surface area (Å²) in [6.45, 7) is 0.227. The van der Waals surface area contributed by atoms with Gasteiger partial charge in [0.2, 0.25) is 0 Å². The van der Waals surface area contributed by atoms with Crippen molar-refractivity contribution in [2.45, 2.75) is 12.9 Å². The molecule has 0 fully saturated rings. The van der Waals surface area contributed by atoms with Crippen LogP contribution in [0.4, 0.5) is 13.2 Å². The first-order valence-electron chi connectivity index (χ1n) is 6.85. The molecule has 0 spiro atoms. The molecule has 0 aliphatic carbocycles. The molecule has 0 bridgehead atoms. The Kier molecular flexibility index (Phi) is 3.88. The first kappa shape index (κ1) is 15.9. The molecule has 8 heteroatoms. The number of aromatic carboxylic acids is 1. The molecule has 0 saturated heterocycles. The van der Waals surface area contributed by atoms with Crippen molar-refractivity contribution in [2.24, 2.45) is 0 Å². The van der Waals surface area contributed by atoms with Gasteiger partial charge < -0.3 is 9.84 Å². The van der Waals surface area contributed by atoms with E-state index >= 15 is 0 Å². The van der Waals surface area contributed by atoms with Crippen molar-refractivity contribution < 1.29 is 27.8 Å². The van der Waals surface area contributed by atoms with Crippen molar-refractivity contribution in [3.05, 3.63) is 59.8 Å². The highest BCUT2D eigenvalue weighted by atomic mass is 19.4. The smallest absolute Gasteiger partial charge is 0.478 e. The third kappa shape index (κ3) is 3.48. The molecule has 0 aliphatic heterocycles. The van der Waals surface area contributed by atoms with Crippen LogP contribution >= 0.6 is 0 Å². The molecule has 0 amide bonds. The van der Waals surface area contributed by atoms with Crippen LogP contribution in [0.1, 0.15) is 15.9 Å². The molecule has 3 aromatic rings. The van der Waals surface area contributed by atoms with Crippen molar-refractivity contribution >= 4 is 16.9 Å². The lowest BCUT2D eigenvalue weighted by Gasteiger charge is -2.10. The van der Waals surface area contributed by atoms with Gasteiger partial charge in [-0.05, 0) is 35.9 Å². The van der Waals surface area contributed by atoms with Crippen LogP contribution in [0.2, 0.25) is 0 Å². The highest BCUT2D eigenvalue weighted by Gasteiger charge is 2.31. The minimum atomic E-state index is -4.75. The summed E-state index contributed by atoms with van der Waals surface area (Å²) < 4.78 is 42.3. The average Bonchev–Trinajstić information content (AvgIpc) is 2.88. The molecule has 124 valence electrons. The summed E-state index contributed by atoms with van der Waals surface area (Å²) in [4.78, 5) is 11.0. The number of fused-ring (bicyclic) bond motifs is 1. The number of hydrogen-bond acceptors (Lipinski definition) is 3. The van der Waals surface area contributed by atoms with E-state index < -0.39 is 12.3 Å². The molecule has 3 rings (SSSR count). The van der Waals surface area contributed by atoms with Gasteiger partial charge in [-0.25, -0.2) is 4.79 Å². The Balaban J connectivity index is 1.87. The average molecular weight is 336 g/mol. The van der Waals surface area contributed by atoms with Gasteiger partial charge in [0, 0.05) is 5.39 Å². The molecule has 2 aromatic carbocycles. The molecule has 0 atom stereocenters. The van der Waals surface area contributed by atoms with Gasteiger partial charge in [0.15, 0.2) is 0 Å². The number of halogens is 3. The fraction of sp³-hybridized carbons (Fsp3) is 0.125. The Morgan fingerprint density at radius 3 is 2.71 bits per heavy atom. The second-order valence-electron chi connectivity index (χ2n) is 5.08. The number of hydrogen-bond donors (Lipinski definition) is 1. The van der Waals surface area contributed by atoms with Gasteiger partial charge in [0.25, 0.3) is 0 Å². The lowest BCUT2D eigenvalue weighted by molar-refractivity contribution is -0.274. The molecule has 0 aliphatic rings. The van der Waals surface area contributed by atoms with Gasteiger partial charge in [-0.3, -0.25) is 4.68 Å². The van der Waals surface area contributed by atoms with E-state index in [0.717, 1.165) is 0 Å². The van der Waals surface area contributed by atoms with E-state index in [1.54, 1.807) is 16.8 Å². The Hall–Kier alpha value is -3.03. The molecule has 1 heterocycles. The summed E-state index contributed by atoms with van der Waals surface area (Å²) in [6.07, 6.45) is -3.23. The topological polar surface area (TPSA) is 64.3 Å². The van der Waals surface area contributed by atoms with Gasteiger partial charge in [-0.15, -0.1) is 13.2 Å². The third-order valence-electron chi connectivity index (χ3n) is 3.35. The minimum absolute atomic E-state index is 0.141. The molecule has 0 saturated carbocycles. The Morgan fingerprint density at radius 1 is 1.21 bits per heavy atom. The predicted octanol–water partition coefficient (Wildman–Crippen LogP) is 3.68. The van der Waals surface area contributed by atoms with Crippen molar-refractivity contribution in [1.29, 1.82) is 0 Å². The summed E-state index contributed by atoms with van der Waals surface area (Å²) in [5.41, 5.74) is 1.40. The Bertz CT molecular complexity index is 903. The largest absolute Gasteiger partial charge is 0.573 e. The van der Waals surface area contributed by atoms with Gasteiger partial charge in [-0.1, -0.05) is 12.1 Å². The van der Waals surface area contributed by atoms with Crippen LogP contribution in [-0.4, -0.2) is 27.2 Å². The zero-order valence-corrected chi connectivity index (χ0v) is 12.1. The number of alkyl halides is 3. The van der Waals surface area contributed by atoms with Crippen LogP contribution in [-0.2, 0) is 6.54 Å². The zero-order valence-electron chi connectivity index (χ0n) is 12.1. The molecule has 1 N–H and O–H groups in total. The second-order valence-corrected chi connectivity index (χ2v) is 5.08. The number of rotatable bonds is 4. The van der Waals surface area contributed by atoms with E-state index in [1.165, 1.54) is 36.5 Å². The Labute approximate surface area is 133 Å². The summed E-state index contributed by atoms with van der Waals surface area (Å²) in [6, 6.07) is 10.2. The van der Waals surface area contributed by atoms with Crippen molar-refractivity contribution in [3.63, 3.8) is 0 Å². The van der Waals surface area contributed by atoms with Gasteiger partial charge in [-0.2, -0.15) is 5.10 Å². The summed E-state index contributed by atoms with van der Waals surface area (Å²) in [5.74, 6) is -1.34. The number of aromatic nitrogens is 2. The second kappa shape index (κ2) is 5.88. The van der Waals surface area contributed by atoms with Crippen LogP contribution in [0, 0.1) is 0 Å². The number of carboxylic acids is 1. The highest BCUT2D eigenvalue weighted by molar-refractivity contribution is 5.93. The number of ether oxygens (including phenoxy) is 1. The van der Waals surface area contributed by atoms with Crippen LogP contribution in [0.15, 0.2) is 48.7 Å². The van der Waals surface area contributed by atoms with Crippen LogP contribution in [0.3, 0.4) is 0 Å². The first-order chi connectivity index (χ1) is 11.3. The molecule has 5 nitrogen and oxygen atoms in total. The van der Waals surface area contributed by atoms with E-state index in [4.69, 9.17) is 5.11 Å². The van der Waals surface area contributed by atoms with Crippen LogP contribution in [0.5, 0.6) is 5.75 Å². The standard InChI is InChI=1S/C16H11F3N2O3/c17-16(18,19)24-13-3-1-2-10(6-13)9-21-14-5-4-11(15(22)23)7-12(14)8-20-21/h1-8H,9H2,(H,22,23). The van der Waals surface area contributed by atoms with E-state index in [0.29, 0.717) is 16.5 Å². The normalized spacial score (nSPS) is 11.6. The van der Waals surface area contributed by atoms with Crippen LogP contribution < -0.4 is 4.74 Å². The predicted molar refractivity (Wildman–Crippen MR) is 78.9 cm³/mol. The fourth-order valence-corrected chi connectivity index (χ4v) is 2.36. The molecule has 0 unspecified atom stereocenters. The van der Waals surface area contributed by atoms with Gasteiger partial charge in [0.05, 0.1) is 23.8 Å². The van der Waals surface area contributed by atoms with Crippen molar-refractivity contribution in [2.75, 3.05) is 0 Å². The number of carboxylic acid groups (broad SMARTS) is 1. The maximum Gasteiger partial charge on any atom is 0.573 e. The van der Waals surface area contributed by atoms with Gasteiger partial charge >= 0.3 is 12.3 Å². The van der Waals surface area contributed by atoms with Crippen molar-refractivity contribution in [1.82, 2.24) is 9.78 Å². The number of nitrogens with zero attached hydrogens (tertiary/aromatic N) is 2. The minimum Gasteiger partial charge on any atom is -0.478 e. The Morgan fingerprint density at radius 2 is 2.00 bits per heavy atom. The van der Waals surface area contributed by atoms with E-state index in [2.05, 4.69) is 9.84 Å². The molecule has 1 aromatic heterocycles. The SMILES string of the molecule is O=C(O)c1ccc2c(cnn2Cc2cccc(OC(F)(F)F)c2)c1. The molecule has 0 radical (unpaired) electrons. The third-order valence-corrected chi connectivity index (χ3v) is 3.35. The lowest BCUT2D eigenvalue weighted by Crippen LogP contribution is -2.17. The van der Waals surface area contributed by atoms with E-state index in [9.17, 15) is 18.0 Å². The van der Waals surface area contributed by atoms with E-state index in [-0.39, 0.29) is 17.9 Å². The quantitative estimate of drug-likeness (QED) is 0.789. The monoisotopic (exact) mass is 336 g/mol. The lowest BCUT2D eigenvalue weighted by atomic mass is 10.1. The van der Waals surface area contributed by atoms with Crippen molar-refractivity contribution in [3.8, 4) is 5.75 Å². The summed E-state index contributed by atoms with van der Waals surface area (Å²) in [5, 5.41) is 13.8. The maximum atomic E-state index is 12.3. The molecule has 24 heavy (non-hydrogen) atoms. The fourth-order valence-electron chi connectivity index (χ4n) is 2.36. The highest BCUT2D eigenvalue weighted by Crippen LogP contribution is 2.24. The van der Waals surface area contributed by atoms with Gasteiger partial charge in [0.1, 0.15) is 5.75 Å². The number of carbonyl (C=O) groups is 1.